The highest BCUT2D eigenvalue weighted by Gasteiger charge is 2.25. The summed E-state index contributed by atoms with van der Waals surface area (Å²) in [4.78, 5) is 12.9. The number of carbonyl (C=O) groups is 1. The molecule has 0 fully saturated rings. The molecular weight excluding hydrogens is 296 g/mol. The quantitative estimate of drug-likeness (QED) is 0.535. The summed E-state index contributed by atoms with van der Waals surface area (Å²) < 4.78 is 1.57. The summed E-state index contributed by atoms with van der Waals surface area (Å²) in [6.45, 7) is 0. The molecule has 2 aromatic carbocycles. The molecule has 110 valence electrons. The monoisotopic (exact) mass is 310 g/mol. The second-order valence-electron chi connectivity index (χ2n) is 4.72. The summed E-state index contributed by atoms with van der Waals surface area (Å²) in [6.07, 6.45) is 0. The average molecular weight is 310 g/mol. The molecule has 0 saturated carbocycles. The predicted octanol–water partition coefficient (Wildman–Crippen LogP) is 2.93. The summed E-state index contributed by atoms with van der Waals surface area (Å²) in [5, 5.41) is 11.6. The number of tetrazole rings is 1. The van der Waals surface area contributed by atoms with Crippen molar-refractivity contribution < 1.29 is 4.79 Å². The Hall–Kier alpha value is -2.47. The maximum absolute atomic E-state index is 12.9. The fraction of sp³-hybridized carbons (Fsp3) is 0.125. The second kappa shape index (κ2) is 6.53. The average Bonchev–Trinajstić information content (AvgIpc) is 2.98. The summed E-state index contributed by atoms with van der Waals surface area (Å²) in [5.41, 5.74) is 1.61. The third-order valence-corrected chi connectivity index (χ3v) is 4.48. The minimum Gasteiger partial charge on any atom is -0.293 e. The van der Waals surface area contributed by atoms with Crippen LogP contribution in [0.2, 0.25) is 0 Å². The van der Waals surface area contributed by atoms with Crippen molar-refractivity contribution in [1.29, 1.82) is 0 Å². The second-order valence-corrected chi connectivity index (χ2v) is 5.80. The number of aromatic nitrogens is 4. The molecule has 5 nitrogen and oxygen atoms in total. The Morgan fingerprint density at radius 2 is 1.68 bits per heavy atom. The lowest BCUT2D eigenvalue weighted by Crippen LogP contribution is -2.11. The third kappa shape index (κ3) is 3.07. The summed E-state index contributed by atoms with van der Waals surface area (Å²) in [6, 6.07) is 19.0. The number of ketones is 1. The van der Waals surface area contributed by atoms with E-state index in [1.165, 1.54) is 11.8 Å². The van der Waals surface area contributed by atoms with Crippen molar-refractivity contribution in [3.05, 3.63) is 71.8 Å². The highest BCUT2D eigenvalue weighted by atomic mass is 32.2. The largest absolute Gasteiger partial charge is 0.293 e. The smallest absolute Gasteiger partial charge is 0.210 e. The number of rotatable bonds is 5. The molecule has 0 spiro atoms. The van der Waals surface area contributed by atoms with E-state index in [1.807, 2.05) is 60.7 Å². The van der Waals surface area contributed by atoms with Gasteiger partial charge in [-0.1, -0.05) is 72.4 Å². The highest BCUT2D eigenvalue weighted by molar-refractivity contribution is 8.00. The molecule has 0 N–H and O–H groups in total. The Labute approximate surface area is 132 Å². The zero-order valence-electron chi connectivity index (χ0n) is 12.0. The standard InChI is InChI=1S/C16H14N4OS/c1-20-16(17-18-19-20)22-15(13-10-6-3-7-11-13)14(21)12-8-4-2-5-9-12/h2-11,15H,1H3/t15-/m1/s1. The molecule has 22 heavy (non-hydrogen) atoms. The summed E-state index contributed by atoms with van der Waals surface area (Å²) >= 11 is 1.36. The van der Waals surface area contributed by atoms with Crippen LogP contribution in [0.3, 0.4) is 0 Å². The molecule has 0 bridgehead atoms. The van der Waals surface area contributed by atoms with Crippen molar-refractivity contribution in [1.82, 2.24) is 20.2 Å². The molecule has 0 amide bonds. The lowest BCUT2D eigenvalue weighted by atomic mass is 10.0. The number of carbonyl (C=O) groups excluding carboxylic acids is 1. The van der Waals surface area contributed by atoms with E-state index in [-0.39, 0.29) is 11.0 Å². The van der Waals surface area contributed by atoms with Gasteiger partial charge in [-0.05, 0) is 16.0 Å². The fourth-order valence-corrected chi connectivity index (χ4v) is 3.10. The van der Waals surface area contributed by atoms with Gasteiger partial charge in [-0.3, -0.25) is 4.79 Å². The van der Waals surface area contributed by atoms with Crippen LogP contribution in [0.5, 0.6) is 0 Å². The van der Waals surface area contributed by atoms with Crippen molar-refractivity contribution in [2.24, 2.45) is 7.05 Å². The van der Waals surface area contributed by atoms with E-state index in [2.05, 4.69) is 15.5 Å². The van der Waals surface area contributed by atoms with Gasteiger partial charge in [0.05, 0.1) is 0 Å². The van der Waals surface area contributed by atoms with Gasteiger partial charge in [0.15, 0.2) is 5.78 Å². The molecule has 0 aliphatic heterocycles. The third-order valence-electron chi connectivity index (χ3n) is 3.20. The molecular formula is C16H14N4OS. The van der Waals surface area contributed by atoms with Gasteiger partial charge in [0.25, 0.3) is 0 Å². The van der Waals surface area contributed by atoms with Crippen molar-refractivity contribution in [2.75, 3.05) is 0 Å². The molecule has 6 heteroatoms. The number of aryl methyl sites for hydroxylation is 1. The van der Waals surface area contributed by atoms with Crippen LogP contribution in [0, 0.1) is 0 Å². The first-order valence-corrected chi connectivity index (χ1v) is 7.67. The van der Waals surface area contributed by atoms with Gasteiger partial charge in [0.2, 0.25) is 5.16 Å². The molecule has 0 saturated heterocycles. The minimum absolute atomic E-state index is 0.0415. The van der Waals surface area contributed by atoms with E-state index >= 15 is 0 Å². The fourth-order valence-electron chi connectivity index (χ4n) is 2.08. The van der Waals surface area contributed by atoms with Crippen LogP contribution in [0.4, 0.5) is 0 Å². The zero-order chi connectivity index (χ0) is 15.4. The van der Waals surface area contributed by atoms with Gasteiger partial charge < -0.3 is 0 Å². The Morgan fingerprint density at radius 1 is 1.05 bits per heavy atom. The molecule has 0 aliphatic rings. The Morgan fingerprint density at radius 3 is 2.27 bits per heavy atom. The van der Waals surface area contributed by atoms with E-state index in [4.69, 9.17) is 0 Å². The van der Waals surface area contributed by atoms with Crippen LogP contribution >= 0.6 is 11.8 Å². The SMILES string of the molecule is Cn1nnnc1S[C@@H](C(=O)c1ccccc1)c1ccccc1. The number of thioether (sulfide) groups is 1. The van der Waals surface area contributed by atoms with E-state index in [0.29, 0.717) is 10.7 Å². The normalized spacial score (nSPS) is 12.0. The Bertz CT molecular complexity index is 758. The molecule has 0 aliphatic carbocycles. The Balaban J connectivity index is 1.96. The van der Waals surface area contributed by atoms with E-state index < -0.39 is 0 Å². The molecule has 1 aromatic heterocycles. The van der Waals surface area contributed by atoms with Crippen molar-refractivity contribution in [3.63, 3.8) is 0 Å². The van der Waals surface area contributed by atoms with Gasteiger partial charge in [0, 0.05) is 12.6 Å². The molecule has 1 atom stereocenters. The zero-order valence-corrected chi connectivity index (χ0v) is 12.8. The molecule has 3 rings (SSSR count). The van der Waals surface area contributed by atoms with Gasteiger partial charge in [-0.2, -0.15) is 0 Å². The van der Waals surface area contributed by atoms with Crippen LogP contribution in [-0.2, 0) is 7.05 Å². The number of benzene rings is 2. The van der Waals surface area contributed by atoms with Crippen molar-refractivity contribution >= 4 is 17.5 Å². The van der Waals surface area contributed by atoms with Crippen LogP contribution in [0.25, 0.3) is 0 Å². The minimum atomic E-state index is -0.381. The van der Waals surface area contributed by atoms with Crippen LogP contribution in [-0.4, -0.2) is 26.0 Å². The molecule has 1 heterocycles. The van der Waals surface area contributed by atoms with Gasteiger partial charge >= 0.3 is 0 Å². The maximum atomic E-state index is 12.9. The summed E-state index contributed by atoms with van der Waals surface area (Å²) in [5.74, 6) is 0.0415. The van der Waals surface area contributed by atoms with Gasteiger partial charge in [-0.25, -0.2) is 4.68 Å². The van der Waals surface area contributed by atoms with Crippen molar-refractivity contribution in [3.8, 4) is 0 Å². The first-order valence-electron chi connectivity index (χ1n) is 6.79. The molecule has 0 unspecified atom stereocenters. The molecule has 0 radical (unpaired) electrons. The maximum Gasteiger partial charge on any atom is 0.210 e. The number of hydrogen-bond acceptors (Lipinski definition) is 5. The van der Waals surface area contributed by atoms with Crippen molar-refractivity contribution in [2.45, 2.75) is 10.4 Å². The van der Waals surface area contributed by atoms with Crippen LogP contribution in [0.1, 0.15) is 21.2 Å². The lowest BCUT2D eigenvalue weighted by Gasteiger charge is -2.15. The van der Waals surface area contributed by atoms with Gasteiger partial charge in [0.1, 0.15) is 5.25 Å². The van der Waals surface area contributed by atoms with Crippen LogP contribution in [0.15, 0.2) is 65.8 Å². The number of hydrogen-bond donors (Lipinski definition) is 0. The van der Waals surface area contributed by atoms with E-state index in [1.54, 1.807) is 11.7 Å². The number of nitrogens with zero attached hydrogens (tertiary/aromatic N) is 4. The molecule has 3 aromatic rings. The van der Waals surface area contributed by atoms with E-state index in [9.17, 15) is 4.79 Å². The number of Topliss-reactive ketones (excluding diaryl/α,β-unsaturated/α-hetero) is 1. The Kier molecular flexibility index (Phi) is 4.29. The highest BCUT2D eigenvalue weighted by Crippen LogP contribution is 2.36. The topological polar surface area (TPSA) is 60.7 Å². The first kappa shape index (κ1) is 14.5. The predicted molar refractivity (Wildman–Crippen MR) is 84.6 cm³/mol. The van der Waals surface area contributed by atoms with Gasteiger partial charge in [-0.15, -0.1) is 5.10 Å². The van der Waals surface area contributed by atoms with E-state index in [0.717, 1.165) is 5.56 Å². The summed E-state index contributed by atoms with van der Waals surface area (Å²) in [7, 11) is 1.76. The first-order chi connectivity index (χ1) is 10.8. The lowest BCUT2D eigenvalue weighted by molar-refractivity contribution is 0.0989. The van der Waals surface area contributed by atoms with Crippen LogP contribution < -0.4 is 0 Å².